The molecule has 0 saturated heterocycles. The van der Waals surface area contributed by atoms with Gasteiger partial charge in [0.1, 0.15) is 24.7 Å². The summed E-state index contributed by atoms with van der Waals surface area (Å²) in [5, 5.41) is 12.9. The number of ether oxygens (including phenoxy) is 1. The first-order valence-electron chi connectivity index (χ1n) is 12.5. The zero-order valence-corrected chi connectivity index (χ0v) is 22.0. The van der Waals surface area contributed by atoms with Crippen molar-refractivity contribution in [1.82, 2.24) is 15.1 Å². The average molecular weight is 525 g/mol. The first kappa shape index (κ1) is 28.2. The largest absolute Gasteiger partial charge is 0.492 e. The molecule has 9 heteroatoms. The molecule has 196 valence electrons. The van der Waals surface area contributed by atoms with E-state index in [1.165, 1.54) is 11.9 Å². The number of hydrogen-bond donors (Lipinski definition) is 1. The highest BCUT2D eigenvalue weighted by Gasteiger charge is 2.37. The van der Waals surface area contributed by atoms with Gasteiger partial charge in [-0.2, -0.15) is 5.26 Å². The van der Waals surface area contributed by atoms with Crippen LogP contribution in [0.1, 0.15) is 53.6 Å². The van der Waals surface area contributed by atoms with Crippen molar-refractivity contribution in [3.05, 3.63) is 64.2 Å². The zero-order valence-electron chi connectivity index (χ0n) is 21.3. The van der Waals surface area contributed by atoms with Crippen molar-refractivity contribution in [3.63, 3.8) is 0 Å². The maximum atomic E-state index is 13.1. The number of nitrogens with one attached hydrogen (secondary N) is 1. The molecule has 2 aromatic carbocycles. The van der Waals surface area contributed by atoms with Crippen molar-refractivity contribution in [1.29, 1.82) is 5.26 Å². The van der Waals surface area contributed by atoms with Gasteiger partial charge in [-0.25, -0.2) is 0 Å². The van der Waals surface area contributed by atoms with Gasteiger partial charge in [-0.1, -0.05) is 42.8 Å². The summed E-state index contributed by atoms with van der Waals surface area (Å²) in [7, 11) is 1.52. The third-order valence-corrected chi connectivity index (χ3v) is 7.06. The number of amides is 2. The van der Waals surface area contributed by atoms with Gasteiger partial charge in [-0.05, 0) is 49.7 Å². The number of carbonyl (C=O) groups is 3. The molecule has 0 aromatic heterocycles. The molecule has 3 rings (SSSR count). The number of halogens is 1. The minimum atomic E-state index is -0.718. The van der Waals surface area contributed by atoms with Crippen molar-refractivity contribution in [2.45, 2.75) is 44.7 Å². The summed E-state index contributed by atoms with van der Waals surface area (Å²) in [6, 6.07) is 14.4. The van der Waals surface area contributed by atoms with E-state index in [9.17, 15) is 19.6 Å². The van der Waals surface area contributed by atoms with Crippen LogP contribution in [0.5, 0.6) is 5.75 Å². The molecule has 0 bridgehead atoms. The van der Waals surface area contributed by atoms with Crippen LogP contribution in [0.4, 0.5) is 0 Å². The van der Waals surface area contributed by atoms with Crippen LogP contribution < -0.4 is 10.1 Å². The lowest BCUT2D eigenvalue weighted by Gasteiger charge is -2.26. The normalized spacial score (nSPS) is 14.1. The van der Waals surface area contributed by atoms with Gasteiger partial charge in [-0.3, -0.25) is 9.59 Å². The molecule has 0 radical (unpaired) electrons. The molecule has 2 amide bonds. The van der Waals surface area contributed by atoms with Crippen molar-refractivity contribution in [2.24, 2.45) is 0 Å². The van der Waals surface area contributed by atoms with Gasteiger partial charge in [0.2, 0.25) is 5.91 Å². The maximum absolute atomic E-state index is 13.1. The number of nitriles is 1. The maximum Gasteiger partial charge on any atom is 0.255 e. The van der Waals surface area contributed by atoms with E-state index in [2.05, 4.69) is 23.2 Å². The SMILES string of the molecule is CCN(CCOc1cccc2c1CN(C(CCC=O)C(=O)NC)C2=O)CC[C@@H](C#N)c1ccccc1Cl. The van der Waals surface area contributed by atoms with Gasteiger partial charge in [-0.15, -0.1) is 0 Å². The third-order valence-electron chi connectivity index (χ3n) is 6.72. The molecule has 1 N–H and O–H groups in total. The van der Waals surface area contributed by atoms with E-state index < -0.39 is 6.04 Å². The number of rotatable bonds is 14. The molecule has 0 fully saturated rings. The lowest BCUT2D eigenvalue weighted by molar-refractivity contribution is -0.125. The predicted molar refractivity (Wildman–Crippen MR) is 142 cm³/mol. The van der Waals surface area contributed by atoms with Crippen LogP contribution in [0.25, 0.3) is 0 Å². The Morgan fingerprint density at radius 3 is 2.70 bits per heavy atom. The molecule has 0 spiro atoms. The summed E-state index contributed by atoms with van der Waals surface area (Å²) in [5.74, 6) is -0.208. The summed E-state index contributed by atoms with van der Waals surface area (Å²) in [4.78, 5) is 40.1. The molecular formula is C28H33ClN4O4. The van der Waals surface area contributed by atoms with E-state index in [1.807, 2.05) is 24.3 Å². The number of carbonyl (C=O) groups excluding carboxylic acids is 3. The molecule has 0 saturated carbocycles. The van der Waals surface area contributed by atoms with Crippen molar-refractivity contribution < 1.29 is 19.1 Å². The van der Waals surface area contributed by atoms with E-state index in [1.54, 1.807) is 18.2 Å². The van der Waals surface area contributed by atoms with Crippen molar-refractivity contribution >= 4 is 29.7 Å². The lowest BCUT2D eigenvalue weighted by Crippen LogP contribution is -2.46. The van der Waals surface area contributed by atoms with Crippen LogP contribution in [0, 0.1) is 11.3 Å². The van der Waals surface area contributed by atoms with Crippen LogP contribution in [-0.2, 0) is 16.1 Å². The number of benzene rings is 2. The molecule has 0 aliphatic carbocycles. The van der Waals surface area contributed by atoms with Gasteiger partial charge in [0.15, 0.2) is 0 Å². The molecule has 1 unspecified atom stereocenters. The standard InChI is InChI=1S/C28H33ClN4O4/c1-3-32(14-13-20(18-30)21-8-4-5-10-24(21)29)15-17-37-26-12-6-9-22-23(26)19-33(28(22)36)25(11-7-16-34)27(35)31-2/h4-6,8-10,12,16,20,25H,3,7,11,13-15,17,19H2,1-2H3,(H,31,35)/t20-,25?/m0/s1. The molecule has 1 aliphatic heterocycles. The van der Waals surface area contributed by atoms with E-state index in [4.69, 9.17) is 16.3 Å². The van der Waals surface area contributed by atoms with Gasteiger partial charge in [0.25, 0.3) is 5.91 Å². The van der Waals surface area contributed by atoms with Gasteiger partial charge >= 0.3 is 0 Å². The minimum Gasteiger partial charge on any atom is -0.492 e. The topological polar surface area (TPSA) is 103 Å². The monoisotopic (exact) mass is 524 g/mol. The molecule has 37 heavy (non-hydrogen) atoms. The second-order valence-electron chi connectivity index (χ2n) is 8.86. The Labute approximate surface area is 223 Å². The summed E-state index contributed by atoms with van der Waals surface area (Å²) < 4.78 is 6.10. The fourth-order valence-corrected chi connectivity index (χ4v) is 4.87. The Morgan fingerprint density at radius 1 is 1.24 bits per heavy atom. The molecule has 8 nitrogen and oxygen atoms in total. The average Bonchev–Trinajstić information content (AvgIpc) is 3.25. The first-order valence-corrected chi connectivity index (χ1v) is 12.9. The highest BCUT2D eigenvalue weighted by Crippen LogP contribution is 2.33. The van der Waals surface area contributed by atoms with E-state index >= 15 is 0 Å². The van der Waals surface area contributed by atoms with Crippen LogP contribution >= 0.6 is 11.6 Å². The predicted octanol–water partition coefficient (Wildman–Crippen LogP) is 3.79. The van der Waals surface area contributed by atoms with Crippen molar-refractivity contribution in [2.75, 3.05) is 33.3 Å². The summed E-state index contributed by atoms with van der Waals surface area (Å²) >= 11 is 6.29. The Hall–Kier alpha value is -3.41. The number of nitrogens with zero attached hydrogens (tertiary/aromatic N) is 3. The first-order chi connectivity index (χ1) is 17.9. The number of fused-ring (bicyclic) bond motifs is 1. The summed E-state index contributed by atoms with van der Waals surface area (Å²) in [5.41, 5.74) is 2.11. The Balaban J connectivity index is 1.61. The van der Waals surface area contributed by atoms with E-state index in [0.717, 1.165) is 24.0 Å². The highest BCUT2D eigenvalue weighted by molar-refractivity contribution is 6.31. The quantitative estimate of drug-likeness (QED) is 0.377. The highest BCUT2D eigenvalue weighted by atomic mass is 35.5. The Kier molecular flexibility index (Phi) is 10.5. The summed E-state index contributed by atoms with van der Waals surface area (Å²) in [6.07, 6.45) is 1.87. The fourth-order valence-electron chi connectivity index (χ4n) is 4.61. The second kappa shape index (κ2) is 13.8. The minimum absolute atomic E-state index is 0.192. The number of likely N-dealkylation sites (N-methyl/N-ethyl adjacent to an activating group) is 2. The molecule has 1 aliphatic rings. The number of aldehydes is 1. The third kappa shape index (κ3) is 6.88. The zero-order chi connectivity index (χ0) is 26.8. The lowest BCUT2D eigenvalue weighted by atomic mass is 9.97. The smallest absolute Gasteiger partial charge is 0.255 e. The van der Waals surface area contributed by atoms with Crippen molar-refractivity contribution in [3.8, 4) is 11.8 Å². The second-order valence-corrected chi connectivity index (χ2v) is 9.27. The molecule has 2 atom stereocenters. The van der Waals surface area contributed by atoms with Crippen LogP contribution in [-0.4, -0.2) is 67.2 Å². The Morgan fingerprint density at radius 2 is 2.03 bits per heavy atom. The molecular weight excluding hydrogens is 492 g/mol. The molecule has 2 aromatic rings. The van der Waals surface area contributed by atoms with E-state index in [0.29, 0.717) is 42.5 Å². The number of hydrogen-bond acceptors (Lipinski definition) is 6. The Bertz CT molecular complexity index is 1150. The van der Waals surface area contributed by atoms with Crippen LogP contribution in [0.2, 0.25) is 5.02 Å². The van der Waals surface area contributed by atoms with Gasteiger partial charge in [0, 0.05) is 36.2 Å². The van der Waals surface area contributed by atoms with Crippen LogP contribution in [0.3, 0.4) is 0 Å². The summed E-state index contributed by atoms with van der Waals surface area (Å²) in [6.45, 7) is 4.89. The molecule has 1 heterocycles. The van der Waals surface area contributed by atoms with Crippen LogP contribution in [0.15, 0.2) is 42.5 Å². The van der Waals surface area contributed by atoms with Gasteiger partial charge in [0.05, 0.1) is 18.5 Å². The van der Waals surface area contributed by atoms with E-state index in [-0.39, 0.29) is 37.1 Å². The van der Waals surface area contributed by atoms with Gasteiger partial charge < -0.3 is 24.6 Å². The fraction of sp³-hybridized carbons (Fsp3) is 0.429.